The molecule has 1 aromatic heterocycles. The Hall–Kier alpha value is -4.10. The van der Waals surface area contributed by atoms with Gasteiger partial charge in [-0.2, -0.15) is 5.26 Å². The Morgan fingerprint density at radius 2 is 1.83 bits per heavy atom. The van der Waals surface area contributed by atoms with E-state index in [1.165, 1.54) is 41.3 Å². The van der Waals surface area contributed by atoms with E-state index in [-0.39, 0.29) is 35.1 Å². The average molecular weight is 478 g/mol. The lowest BCUT2D eigenvalue weighted by Crippen LogP contribution is -2.50. The van der Waals surface area contributed by atoms with Gasteiger partial charge in [0, 0.05) is 42.4 Å². The van der Waals surface area contributed by atoms with Crippen LogP contribution >= 0.6 is 0 Å². The van der Waals surface area contributed by atoms with Crippen molar-refractivity contribution in [2.24, 2.45) is 11.7 Å². The Kier molecular flexibility index (Phi) is 5.57. The topological polar surface area (TPSA) is 89.5 Å². The van der Waals surface area contributed by atoms with Crippen LogP contribution < -0.4 is 20.4 Å². The highest BCUT2D eigenvalue weighted by Gasteiger charge is 2.37. The van der Waals surface area contributed by atoms with Crippen molar-refractivity contribution in [3.8, 4) is 17.2 Å². The zero-order valence-electron chi connectivity index (χ0n) is 18.8. The fourth-order valence-corrected chi connectivity index (χ4v) is 4.55. The highest BCUT2D eigenvalue weighted by molar-refractivity contribution is 6.14. The third kappa shape index (κ3) is 3.65. The van der Waals surface area contributed by atoms with Gasteiger partial charge in [-0.25, -0.2) is 22.9 Å². The average Bonchev–Trinajstić information content (AvgIpc) is 2.90. The number of nitrogens with zero attached hydrogens (tertiary/aromatic N) is 5. The van der Waals surface area contributed by atoms with E-state index >= 15 is 8.78 Å². The van der Waals surface area contributed by atoms with Gasteiger partial charge in [0.15, 0.2) is 11.6 Å². The van der Waals surface area contributed by atoms with Crippen LogP contribution in [0.15, 0.2) is 42.6 Å². The first-order valence-electron chi connectivity index (χ1n) is 11.1. The quantitative estimate of drug-likeness (QED) is 0.595. The minimum atomic E-state index is -0.945. The number of nitriles is 1. The van der Waals surface area contributed by atoms with Crippen LogP contribution in [0, 0.1) is 34.7 Å². The van der Waals surface area contributed by atoms with Crippen LogP contribution in [0.4, 0.5) is 40.8 Å². The Morgan fingerprint density at radius 1 is 1.11 bits per heavy atom. The van der Waals surface area contributed by atoms with Gasteiger partial charge in [0.05, 0.1) is 23.5 Å². The molecule has 0 aliphatic carbocycles. The summed E-state index contributed by atoms with van der Waals surface area (Å²) < 4.78 is 45.3. The van der Waals surface area contributed by atoms with E-state index in [1.807, 2.05) is 6.07 Å². The zero-order valence-corrected chi connectivity index (χ0v) is 18.8. The molecule has 0 radical (unpaired) electrons. The maximum atomic E-state index is 15.6. The number of fused-ring (bicyclic) bond motifs is 3. The number of urea groups is 1. The summed E-state index contributed by atoms with van der Waals surface area (Å²) >= 11 is 0. The predicted octanol–water partition coefficient (Wildman–Crippen LogP) is 4.53. The summed E-state index contributed by atoms with van der Waals surface area (Å²) in [5.41, 5.74) is 6.22. The van der Waals surface area contributed by atoms with Gasteiger partial charge in [-0.1, -0.05) is 6.07 Å². The Labute approximate surface area is 199 Å². The molecule has 2 amide bonds. The third-order valence-electron chi connectivity index (χ3n) is 6.37. The number of benzene rings is 2. The number of halogens is 3. The first-order chi connectivity index (χ1) is 16.9. The van der Waals surface area contributed by atoms with Crippen molar-refractivity contribution >= 4 is 28.9 Å². The summed E-state index contributed by atoms with van der Waals surface area (Å²) in [7, 11) is 0. The van der Waals surface area contributed by atoms with Gasteiger partial charge >= 0.3 is 6.03 Å². The van der Waals surface area contributed by atoms with Crippen LogP contribution in [-0.2, 0) is 0 Å². The number of anilines is 4. The maximum absolute atomic E-state index is 15.6. The summed E-state index contributed by atoms with van der Waals surface area (Å²) in [6.07, 6.45) is 0.978. The largest absolute Gasteiger partial charge is 0.371 e. The lowest BCUT2D eigenvalue weighted by Gasteiger charge is -2.40. The fraction of sp³-hybridized carbons (Fsp3) is 0.240. The smallest absolute Gasteiger partial charge is 0.334 e. The number of hydrogen-bond donors (Lipinski definition) is 1. The van der Waals surface area contributed by atoms with Gasteiger partial charge in [-0.15, -0.1) is 0 Å². The molecule has 1 fully saturated rings. The Bertz CT molecular complexity index is 1360. The number of carbonyl (C=O) groups excluding carboxylic acids is 1. The Balaban J connectivity index is 1.72. The Morgan fingerprint density at radius 3 is 2.46 bits per heavy atom. The van der Waals surface area contributed by atoms with E-state index in [0.29, 0.717) is 30.9 Å². The third-order valence-corrected chi connectivity index (χ3v) is 6.37. The molecule has 3 aromatic rings. The summed E-state index contributed by atoms with van der Waals surface area (Å²) in [4.78, 5) is 21.8. The molecule has 0 saturated carbocycles. The first-order valence-corrected chi connectivity index (χ1v) is 11.1. The van der Waals surface area contributed by atoms with E-state index in [0.717, 1.165) is 11.1 Å². The van der Waals surface area contributed by atoms with Crippen LogP contribution in [0.1, 0.15) is 12.5 Å². The highest BCUT2D eigenvalue weighted by Crippen LogP contribution is 2.45. The second kappa shape index (κ2) is 8.60. The SMILES string of the molecule is CCN1C(=O)N(c2c(F)cc(N3CC(CN)C3)cc2F)c2cc(C#N)ccc2-c2cc(F)cnc21. The van der Waals surface area contributed by atoms with Crippen LogP contribution in [0.2, 0.25) is 0 Å². The highest BCUT2D eigenvalue weighted by atomic mass is 19.1. The molecule has 7 nitrogen and oxygen atoms in total. The molecular weight excluding hydrogens is 457 g/mol. The molecule has 10 heteroatoms. The molecule has 1 saturated heterocycles. The van der Waals surface area contributed by atoms with E-state index in [4.69, 9.17) is 5.73 Å². The summed E-state index contributed by atoms with van der Waals surface area (Å²) in [5.74, 6) is -2.12. The molecule has 2 aliphatic rings. The van der Waals surface area contributed by atoms with Crippen molar-refractivity contribution in [2.45, 2.75) is 6.92 Å². The number of hydrogen-bond acceptors (Lipinski definition) is 5. The first kappa shape index (κ1) is 22.7. The summed E-state index contributed by atoms with van der Waals surface area (Å²) in [6, 6.07) is 9.13. The molecular formula is C25H21F3N6O. The monoisotopic (exact) mass is 478 g/mol. The standard InChI is InChI=1S/C25H21F3N6O/c1-2-33-24-19(6-16(26)11-31-24)18-4-3-14(9-29)5-22(18)34(25(33)35)23-20(27)7-17(8-21(23)28)32-12-15(10-30)13-32/h3-8,11,15H,2,10,12-13,30H2,1H3. The van der Waals surface area contributed by atoms with Crippen molar-refractivity contribution in [3.05, 3.63) is 65.6 Å². The van der Waals surface area contributed by atoms with Gasteiger partial charge in [0.2, 0.25) is 0 Å². The van der Waals surface area contributed by atoms with Crippen molar-refractivity contribution < 1.29 is 18.0 Å². The number of rotatable bonds is 4. The van der Waals surface area contributed by atoms with E-state index in [1.54, 1.807) is 11.8 Å². The molecule has 2 N–H and O–H groups in total. The second-order valence-electron chi connectivity index (χ2n) is 8.50. The zero-order chi connectivity index (χ0) is 24.9. The molecule has 35 heavy (non-hydrogen) atoms. The molecule has 0 spiro atoms. The van der Waals surface area contributed by atoms with E-state index < -0.39 is 29.2 Å². The van der Waals surface area contributed by atoms with Crippen molar-refractivity contribution in [1.29, 1.82) is 5.26 Å². The molecule has 0 unspecified atom stereocenters. The van der Waals surface area contributed by atoms with Crippen LogP contribution in [0.3, 0.4) is 0 Å². The van der Waals surface area contributed by atoms with Gasteiger partial charge in [0.1, 0.15) is 17.3 Å². The summed E-state index contributed by atoms with van der Waals surface area (Å²) in [5, 5.41) is 9.45. The van der Waals surface area contributed by atoms with Crippen LogP contribution in [0.25, 0.3) is 11.1 Å². The number of aromatic nitrogens is 1. The van der Waals surface area contributed by atoms with E-state index in [9.17, 15) is 14.4 Å². The summed E-state index contributed by atoms with van der Waals surface area (Å²) in [6.45, 7) is 3.44. The number of amides is 2. The molecule has 0 bridgehead atoms. The van der Waals surface area contributed by atoms with Crippen molar-refractivity contribution in [2.75, 3.05) is 40.9 Å². The molecule has 0 atom stereocenters. The minimum absolute atomic E-state index is 0.0522. The van der Waals surface area contributed by atoms with Crippen LogP contribution in [-0.4, -0.2) is 37.2 Å². The molecule has 178 valence electrons. The molecule has 2 aliphatic heterocycles. The number of pyridine rings is 1. The van der Waals surface area contributed by atoms with Crippen LogP contribution in [0.5, 0.6) is 0 Å². The predicted molar refractivity (Wildman–Crippen MR) is 126 cm³/mol. The molecule has 5 rings (SSSR count). The van der Waals surface area contributed by atoms with Gasteiger partial charge in [-0.3, -0.25) is 9.80 Å². The second-order valence-corrected chi connectivity index (χ2v) is 8.50. The van der Waals surface area contributed by atoms with Crippen molar-refractivity contribution in [1.82, 2.24) is 4.98 Å². The van der Waals surface area contributed by atoms with Crippen molar-refractivity contribution in [3.63, 3.8) is 0 Å². The lowest BCUT2D eigenvalue weighted by molar-refractivity contribution is 0.253. The van der Waals surface area contributed by atoms with Gasteiger partial charge in [0.25, 0.3) is 0 Å². The van der Waals surface area contributed by atoms with E-state index in [2.05, 4.69) is 4.98 Å². The van der Waals surface area contributed by atoms with Gasteiger partial charge < -0.3 is 10.6 Å². The molecule has 3 heterocycles. The molecule has 2 aromatic carbocycles. The lowest BCUT2D eigenvalue weighted by atomic mass is 9.99. The fourth-order valence-electron chi connectivity index (χ4n) is 4.55. The normalized spacial score (nSPS) is 15.3. The number of carbonyl (C=O) groups is 1. The number of nitrogens with two attached hydrogens (primary N) is 1. The minimum Gasteiger partial charge on any atom is -0.371 e. The maximum Gasteiger partial charge on any atom is 0.334 e. The van der Waals surface area contributed by atoms with Gasteiger partial charge in [-0.05, 0) is 43.8 Å².